The first-order valence-corrected chi connectivity index (χ1v) is 14.3. The standard InChI is InChI=1S/C32H39N5O3/c1-21-15-25(38)28-26(21)29(35-20-34-28)37-19-32(13-14-36(18-32)17-22-9-6-5-7-10-22)27-23(11-8-12-24(27)37)16-33-30(39)40-31(2,3)4/h5-12,20-21,25,38H,13-19H2,1-4H3,(H,33,39)/t21-,25-,32+/m1/s1. The molecule has 210 valence electrons. The van der Waals surface area contributed by atoms with Crippen molar-refractivity contribution in [3.05, 3.63) is 82.8 Å². The molecule has 0 unspecified atom stereocenters. The molecule has 1 aromatic heterocycles. The number of nitrogens with one attached hydrogen (secondary N) is 1. The van der Waals surface area contributed by atoms with Crippen LogP contribution in [0, 0.1) is 0 Å². The van der Waals surface area contributed by atoms with Gasteiger partial charge in [-0.2, -0.15) is 0 Å². The zero-order valence-corrected chi connectivity index (χ0v) is 23.9. The largest absolute Gasteiger partial charge is 0.444 e. The van der Waals surface area contributed by atoms with Gasteiger partial charge < -0.3 is 20.1 Å². The van der Waals surface area contributed by atoms with Gasteiger partial charge in [-0.05, 0) is 68.8 Å². The van der Waals surface area contributed by atoms with Gasteiger partial charge in [0.1, 0.15) is 17.7 Å². The lowest BCUT2D eigenvalue weighted by molar-refractivity contribution is 0.0523. The van der Waals surface area contributed by atoms with Crippen LogP contribution >= 0.6 is 0 Å². The van der Waals surface area contributed by atoms with E-state index < -0.39 is 17.8 Å². The van der Waals surface area contributed by atoms with E-state index in [2.05, 4.69) is 75.6 Å². The van der Waals surface area contributed by atoms with Crippen molar-refractivity contribution >= 4 is 17.6 Å². The van der Waals surface area contributed by atoms with E-state index in [0.29, 0.717) is 13.0 Å². The number of aliphatic hydroxyl groups is 1. The van der Waals surface area contributed by atoms with Crippen molar-refractivity contribution in [2.45, 2.75) is 76.7 Å². The van der Waals surface area contributed by atoms with Crippen LogP contribution in [0.2, 0.25) is 0 Å². The molecular formula is C32H39N5O3. The van der Waals surface area contributed by atoms with Crippen molar-refractivity contribution in [2.75, 3.05) is 24.5 Å². The molecule has 1 fully saturated rings. The van der Waals surface area contributed by atoms with Gasteiger partial charge in [-0.3, -0.25) is 4.90 Å². The predicted molar refractivity (Wildman–Crippen MR) is 155 cm³/mol. The monoisotopic (exact) mass is 541 g/mol. The number of nitrogens with zero attached hydrogens (tertiary/aromatic N) is 4. The quantitative estimate of drug-likeness (QED) is 0.451. The number of anilines is 2. The SMILES string of the molecule is C[C@@H]1C[C@@H](O)c2ncnc(N3C[C@@]4(CCN(Cc5ccccc5)C4)c4c(CNC(=O)OC(C)(C)C)cccc43)c21. The van der Waals surface area contributed by atoms with E-state index in [-0.39, 0.29) is 11.3 Å². The van der Waals surface area contributed by atoms with Gasteiger partial charge in [0.05, 0.1) is 11.8 Å². The van der Waals surface area contributed by atoms with Crippen molar-refractivity contribution in [1.82, 2.24) is 20.2 Å². The van der Waals surface area contributed by atoms with Gasteiger partial charge in [-0.15, -0.1) is 0 Å². The molecule has 0 saturated carbocycles. The topological polar surface area (TPSA) is 90.8 Å². The summed E-state index contributed by atoms with van der Waals surface area (Å²) in [7, 11) is 0. The van der Waals surface area contributed by atoms with Crippen LogP contribution in [0.3, 0.4) is 0 Å². The smallest absolute Gasteiger partial charge is 0.407 e. The van der Waals surface area contributed by atoms with Crippen LogP contribution in [-0.4, -0.2) is 51.3 Å². The fourth-order valence-electron chi connectivity index (χ4n) is 6.89. The average Bonchev–Trinajstić information content (AvgIpc) is 3.56. The Labute approximate surface area is 236 Å². The second kappa shape index (κ2) is 10.2. The third-order valence-electron chi connectivity index (χ3n) is 8.45. The summed E-state index contributed by atoms with van der Waals surface area (Å²) in [6.07, 6.45) is 2.29. The number of carbonyl (C=O) groups excluding carboxylic acids is 1. The fraction of sp³-hybridized carbons (Fsp3) is 0.469. The van der Waals surface area contributed by atoms with E-state index in [1.807, 2.05) is 20.8 Å². The number of hydrogen-bond donors (Lipinski definition) is 2. The van der Waals surface area contributed by atoms with Gasteiger partial charge in [-0.25, -0.2) is 14.8 Å². The van der Waals surface area contributed by atoms with E-state index in [4.69, 9.17) is 9.72 Å². The van der Waals surface area contributed by atoms with E-state index in [1.54, 1.807) is 6.33 Å². The number of benzene rings is 2. The lowest BCUT2D eigenvalue weighted by Gasteiger charge is -2.28. The summed E-state index contributed by atoms with van der Waals surface area (Å²) in [4.78, 5) is 26.7. The van der Waals surface area contributed by atoms with E-state index in [1.165, 1.54) is 11.1 Å². The first-order chi connectivity index (χ1) is 19.1. The zero-order chi connectivity index (χ0) is 28.1. The molecule has 2 aliphatic heterocycles. The Morgan fingerprint density at radius 2 is 1.93 bits per heavy atom. The summed E-state index contributed by atoms with van der Waals surface area (Å²) in [6.45, 7) is 11.8. The highest BCUT2D eigenvalue weighted by Crippen LogP contribution is 2.53. The van der Waals surface area contributed by atoms with Crippen molar-refractivity contribution in [1.29, 1.82) is 0 Å². The highest BCUT2D eigenvalue weighted by Gasteiger charge is 2.50. The van der Waals surface area contributed by atoms with Crippen LogP contribution in [0.1, 0.15) is 80.5 Å². The molecule has 3 heterocycles. The summed E-state index contributed by atoms with van der Waals surface area (Å²) in [5.74, 6) is 1.07. The first-order valence-electron chi connectivity index (χ1n) is 14.3. The van der Waals surface area contributed by atoms with Crippen molar-refractivity contribution in [2.24, 2.45) is 0 Å². The van der Waals surface area contributed by atoms with Crippen LogP contribution in [-0.2, 0) is 23.2 Å². The Morgan fingerprint density at radius 1 is 1.12 bits per heavy atom. The molecule has 8 nitrogen and oxygen atoms in total. The number of aromatic nitrogens is 2. The summed E-state index contributed by atoms with van der Waals surface area (Å²) in [6, 6.07) is 17.0. The maximum atomic E-state index is 12.6. The molecule has 3 aliphatic rings. The van der Waals surface area contributed by atoms with Gasteiger partial charge >= 0.3 is 6.09 Å². The molecule has 1 aliphatic carbocycles. The molecule has 3 atom stereocenters. The third kappa shape index (κ3) is 4.95. The van der Waals surface area contributed by atoms with Crippen molar-refractivity contribution < 1.29 is 14.6 Å². The summed E-state index contributed by atoms with van der Waals surface area (Å²) >= 11 is 0. The molecule has 1 amide bonds. The number of aliphatic hydroxyl groups excluding tert-OH is 1. The molecule has 8 heteroatoms. The molecule has 6 rings (SSSR count). The number of fused-ring (bicyclic) bond motifs is 3. The maximum absolute atomic E-state index is 12.6. The number of amides is 1. The Balaban J connectivity index is 1.37. The number of alkyl carbamates (subject to hydrolysis) is 1. The van der Waals surface area contributed by atoms with Gasteiger partial charge in [0, 0.05) is 42.8 Å². The van der Waals surface area contributed by atoms with Crippen LogP contribution in [0.25, 0.3) is 0 Å². The molecule has 40 heavy (non-hydrogen) atoms. The predicted octanol–water partition coefficient (Wildman–Crippen LogP) is 5.34. The Bertz CT molecular complexity index is 1410. The maximum Gasteiger partial charge on any atom is 0.407 e. The van der Waals surface area contributed by atoms with Gasteiger partial charge in [0.2, 0.25) is 0 Å². The first kappa shape index (κ1) is 26.7. The molecule has 0 bridgehead atoms. The number of hydrogen-bond acceptors (Lipinski definition) is 7. The second-order valence-corrected chi connectivity index (χ2v) is 12.6. The Kier molecular flexibility index (Phi) is 6.79. The van der Waals surface area contributed by atoms with Crippen LogP contribution in [0.15, 0.2) is 54.9 Å². The fourth-order valence-corrected chi connectivity index (χ4v) is 6.89. The summed E-state index contributed by atoms with van der Waals surface area (Å²) in [5.41, 5.74) is 5.94. The number of likely N-dealkylation sites (tertiary alicyclic amines) is 1. The van der Waals surface area contributed by atoms with E-state index >= 15 is 0 Å². The molecule has 3 aromatic rings. The lowest BCUT2D eigenvalue weighted by Crippen LogP contribution is -2.37. The second-order valence-electron chi connectivity index (χ2n) is 12.6. The van der Waals surface area contributed by atoms with Gasteiger partial charge in [0.25, 0.3) is 0 Å². The van der Waals surface area contributed by atoms with Crippen LogP contribution in [0.4, 0.5) is 16.3 Å². The molecule has 0 radical (unpaired) electrons. The summed E-state index contributed by atoms with van der Waals surface area (Å²) in [5, 5.41) is 13.7. The molecule has 2 aromatic carbocycles. The molecule has 1 saturated heterocycles. The van der Waals surface area contributed by atoms with E-state index in [0.717, 1.165) is 60.9 Å². The number of carbonyl (C=O) groups is 1. The van der Waals surface area contributed by atoms with Crippen molar-refractivity contribution in [3.63, 3.8) is 0 Å². The molecule has 2 N–H and O–H groups in total. The third-order valence-corrected chi connectivity index (χ3v) is 8.45. The average molecular weight is 542 g/mol. The minimum atomic E-state index is -0.557. The number of ether oxygens (including phenoxy) is 1. The van der Waals surface area contributed by atoms with Crippen LogP contribution < -0.4 is 10.2 Å². The van der Waals surface area contributed by atoms with Gasteiger partial charge in [0.15, 0.2) is 0 Å². The highest BCUT2D eigenvalue weighted by molar-refractivity contribution is 5.76. The van der Waals surface area contributed by atoms with Crippen molar-refractivity contribution in [3.8, 4) is 0 Å². The molecular weight excluding hydrogens is 502 g/mol. The zero-order valence-electron chi connectivity index (χ0n) is 23.9. The molecule has 1 spiro atoms. The normalized spacial score (nSPS) is 23.9. The Morgan fingerprint density at radius 3 is 2.70 bits per heavy atom. The number of rotatable bonds is 5. The van der Waals surface area contributed by atoms with E-state index in [9.17, 15) is 9.90 Å². The Hall–Kier alpha value is -3.49. The highest BCUT2D eigenvalue weighted by atomic mass is 16.6. The summed E-state index contributed by atoms with van der Waals surface area (Å²) < 4.78 is 5.53. The minimum absolute atomic E-state index is 0.116. The van der Waals surface area contributed by atoms with Crippen LogP contribution in [0.5, 0.6) is 0 Å². The minimum Gasteiger partial charge on any atom is -0.444 e. The van der Waals surface area contributed by atoms with Gasteiger partial charge in [-0.1, -0.05) is 49.4 Å². The lowest BCUT2D eigenvalue weighted by atomic mass is 9.79.